The first-order chi connectivity index (χ1) is 13.8. The second kappa shape index (κ2) is 7.52. The fourth-order valence-electron chi connectivity index (χ4n) is 3.49. The van der Waals surface area contributed by atoms with Crippen molar-refractivity contribution in [3.8, 4) is 5.69 Å². The minimum atomic E-state index is -0.238. The SMILES string of the molecule is Fc1ccc(-n2nc(CSc3nnc(Cc4cccs4)o3)c3c2CCC3)cc1. The van der Waals surface area contributed by atoms with Gasteiger partial charge in [0, 0.05) is 16.3 Å². The van der Waals surface area contributed by atoms with E-state index < -0.39 is 0 Å². The summed E-state index contributed by atoms with van der Waals surface area (Å²) in [7, 11) is 0. The molecule has 0 aliphatic heterocycles. The number of fused-ring (bicyclic) bond motifs is 1. The third-order valence-corrected chi connectivity index (χ3v) is 6.48. The molecular formula is C20H17FN4OS2. The van der Waals surface area contributed by atoms with Crippen LogP contribution in [0.15, 0.2) is 51.4 Å². The first-order valence-electron chi connectivity index (χ1n) is 9.09. The average molecular weight is 413 g/mol. The van der Waals surface area contributed by atoms with Gasteiger partial charge in [0.25, 0.3) is 5.22 Å². The van der Waals surface area contributed by atoms with Crippen LogP contribution in [0.3, 0.4) is 0 Å². The van der Waals surface area contributed by atoms with Gasteiger partial charge in [-0.3, -0.25) is 0 Å². The minimum absolute atomic E-state index is 0.238. The van der Waals surface area contributed by atoms with E-state index in [0.717, 1.165) is 30.6 Å². The molecule has 8 heteroatoms. The van der Waals surface area contributed by atoms with Gasteiger partial charge in [-0.05, 0) is 60.5 Å². The predicted molar refractivity (Wildman–Crippen MR) is 107 cm³/mol. The molecular weight excluding hydrogens is 395 g/mol. The number of nitrogens with zero attached hydrogens (tertiary/aromatic N) is 4. The number of hydrogen-bond acceptors (Lipinski definition) is 6. The van der Waals surface area contributed by atoms with Crippen molar-refractivity contribution in [3.63, 3.8) is 0 Å². The number of hydrogen-bond donors (Lipinski definition) is 0. The smallest absolute Gasteiger partial charge is 0.276 e. The van der Waals surface area contributed by atoms with Gasteiger partial charge in [-0.1, -0.05) is 17.8 Å². The van der Waals surface area contributed by atoms with E-state index in [1.54, 1.807) is 23.5 Å². The molecule has 0 amide bonds. The molecule has 0 radical (unpaired) electrons. The summed E-state index contributed by atoms with van der Waals surface area (Å²) < 4.78 is 21.0. The summed E-state index contributed by atoms with van der Waals surface area (Å²) >= 11 is 3.19. The highest BCUT2D eigenvalue weighted by Gasteiger charge is 2.23. The molecule has 0 unspecified atom stereocenters. The Morgan fingerprint density at radius 2 is 2.04 bits per heavy atom. The van der Waals surface area contributed by atoms with Crippen LogP contribution in [0.5, 0.6) is 0 Å². The maximum Gasteiger partial charge on any atom is 0.276 e. The standard InChI is InChI=1S/C20H17FN4OS2/c21-13-6-8-14(9-7-13)25-18-5-1-4-16(18)17(24-25)12-28-20-23-22-19(26-20)11-15-3-2-10-27-15/h2-3,6-10H,1,4-5,11-12H2. The van der Waals surface area contributed by atoms with E-state index in [2.05, 4.69) is 16.3 Å². The Balaban J connectivity index is 1.33. The molecule has 142 valence electrons. The molecule has 1 aromatic carbocycles. The summed E-state index contributed by atoms with van der Waals surface area (Å²) in [6, 6.07) is 10.6. The van der Waals surface area contributed by atoms with Gasteiger partial charge in [0.05, 0.1) is 17.8 Å². The largest absolute Gasteiger partial charge is 0.416 e. The van der Waals surface area contributed by atoms with E-state index in [1.807, 2.05) is 16.1 Å². The number of aromatic nitrogens is 4. The monoisotopic (exact) mass is 412 g/mol. The van der Waals surface area contributed by atoms with E-state index >= 15 is 0 Å². The normalized spacial score (nSPS) is 13.2. The molecule has 0 atom stereocenters. The van der Waals surface area contributed by atoms with Gasteiger partial charge in [-0.2, -0.15) is 5.10 Å². The third-order valence-electron chi connectivity index (χ3n) is 4.77. The van der Waals surface area contributed by atoms with Gasteiger partial charge >= 0.3 is 0 Å². The van der Waals surface area contributed by atoms with Crippen LogP contribution in [0, 0.1) is 5.82 Å². The van der Waals surface area contributed by atoms with Crippen molar-refractivity contribution in [2.24, 2.45) is 0 Å². The van der Waals surface area contributed by atoms with Crippen LogP contribution < -0.4 is 0 Å². The van der Waals surface area contributed by atoms with E-state index in [0.29, 0.717) is 23.3 Å². The Labute approximate surface area is 169 Å². The number of thioether (sulfide) groups is 1. The van der Waals surface area contributed by atoms with Gasteiger partial charge < -0.3 is 4.42 Å². The second-order valence-electron chi connectivity index (χ2n) is 6.62. The highest BCUT2D eigenvalue weighted by molar-refractivity contribution is 7.98. The molecule has 5 nitrogen and oxygen atoms in total. The highest BCUT2D eigenvalue weighted by atomic mass is 32.2. The van der Waals surface area contributed by atoms with Crippen LogP contribution in [0.2, 0.25) is 0 Å². The maximum absolute atomic E-state index is 13.3. The Kier molecular flexibility index (Phi) is 4.74. The third kappa shape index (κ3) is 3.49. The molecule has 3 aromatic heterocycles. The Hall–Kier alpha value is -2.45. The van der Waals surface area contributed by atoms with Gasteiger partial charge in [-0.15, -0.1) is 21.5 Å². The zero-order valence-electron chi connectivity index (χ0n) is 15.0. The lowest BCUT2D eigenvalue weighted by Gasteiger charge is -2.05. The van der Waals surface area contributed by atoms with Crippen LogP contribution in [0.4, 0.5) is 4.39 Å². The first-order valence-corrected chi connectivity index (χ1v) is 11.0. The van der Waals surface area contributed by atoms with Crippen molar-refractivity contribution in [1.82, 2.24) is 20.0 Å². The lowest BCUT2D eigenvalue weighted by Crippen LogP contribution is -2.01. The molecule has 4 aromatic rings. The van der Waals surface area contributed by atoms with E-state index in [-0.39, 0.29) is 5.82 Å². The molecule has 3 heterocycles. The van der Waals surface area contributed by atoms with Crippen LogP contribution in [0.25, 0.3) is 5.69 Å². The molecule has 1 aliphatic carbocycles. The zero-order valence-corrected chi connectivity index (χ0v) is 16.6. The number of rotatable bonds is 6. The second-order valence-corrected chi connectivity index (χ2v) is 8.58. The minimum Gasteiger partial charge on any atom is -0.416 e. The summed E-state index contributed by atoms with van der Waals surface area (Å²) in [5.41, 5.74) is 4.47. The van der Waals surface area contributed by atoms with Crippen molar-refractivity contribution in [2.45, 2.75) is 36.7 Å². The van der Waals surface area contributed by atoms with E-state index in [4.69, 9.17) is 9.52 Å². The van der Waals surface area contributed by atoms with Crippen molar-refractivity contribution >= 4 is 23.1 Å². The summed E-state index contributed by atoms with van der Waals surface area (Å²) in [5.74, 6) is 1.07. The fourth-order valence-corrected chi connectivity index (χ4v) is 4.93. The summed E-state index contributed by atoms with van der Waals surface area (Å²) in [4.78, 5) is 1.20. The summed E-state index contributed by atoms with van der Waals surface area (Å²) in [5, 5.41) is 15.7. The van der Waals surface area contributed by atoms with E-state index in [9.17, 15) is 4.39 Å². The van der Waals surface area contributed by atoms with Crippen molar-refractivity contribution in [1.29, 1.82) is 0 Å². The molecule has 0 N–H and O–H groups in total. The summed E-state index contributed by atoms with van der Waals surface area (Å²) in [6.45, 7) is 0. The summed E-state index contributed by atoms with van der Waals surface area (Å²) in [6.07, 6.45) is 3.81. The number of benzene rings is 1. The molecule has 0 fully saturated rings. The Bertz CT molecular complexity index is 1090. The first kappa shape index (κ1) is 17.6. The van der Waals surface area contributed by atoms with Gasteiger partial charge in [0.2, 0.25) is 5.89 Å². The maximum atomic E-state index is 13.3. The topological polar surface area (TPSA) is 56.7 Å². The highest BCUT2D eigenvalue weighted by Crippen LogP contribution is 2.31. The predicted octanol–water partition coefficient (Wildman–Crippen LogP) is 4.83. The van der Waals surface area contributed by atoms with Crippen molar-refractivity contribution < 1.29 is 8.81 Å². The lowest BCUT2D eigenvalue weighted by molar-refractivity contribution is 0.421. The van der Waals surface area contributed by atoms with Crippen LogP contribution >= 0.6 is 23.1 Å². The fraction of sp³-hybridized carbons (Fsp3) is 0.250. The Morgan fingerprint density at radius 1 is 1.14 bits per heavy atom. The van der Waals surface area contributed by atoms with Gasteiger partial charge in [0.15, 0.2) is 0 Å². The lowest BCUT2D eigenvalue weighted by atomic mass is 10.2. The molecule has 0 spiro atoms. The van der Waals surface area contributed by atoms with Crippen LogP contribution in [-0.2, 0) is 25.0 Å². The van der Waals surface area contributed by atoms with Gasteiger partial charge in [-0.25, -0.2) is 9.07 Å². The Morgan fingerprint density at radius 3 is 2.86 bits per heavy atom. The molecule has 0 saturated heterocycles. The quantitative estimate of drug-likeness (QED) is 0.425. The van der Waals surface area contributed by atoms with Crippen molar-refractivity contribution in [2.75, 3.05) is 0 Å². The zero-order chi connectivity index (χ0) is 18.9. The molecule has 28 heavy (non-hydrogen) atoms. The molecule has 0 bridgehead atoms. The number of halogens is 1. The van der Waals surface area contributed by atoms with Crippen molar-refractivity contribution in [3.05, 3.63) is 75.3 Å². The average Bonchev–Trinajstić information content (AvgIpc) is 3.48. The molecule has 1 aliphatic rings. The number of thiophene rings is 1. The van der Waals surface area contributed by atoms with Gasteiger partial charge in [0.1, 0.15) is 5.82 Å². The van der Waals surface area contributed by atoms with E-state index in [1.165, 1.54) is 40.0 Å². The van der Waals surface area contributed by atoms with Crippen LogP contribution in [-0.4, -0.2) is 20.0 Å². The molecule has 0 saturated carbocycles. The molecule has 5 rings (SSSR count). The van der Waals surface area contributed by atoms with Crippen LogP contribution in [0.1, 0.15) is 34.1 Å².